The first-order valence-corrected chi connectivity index (χ1v) is 7.36. The number of ether oxygens (including phenoxy) is 1. The van der Waals surface area contributed by atoms with Gasteiger partial charge in [0.1, 0.15) is 12.6 Å². The molecule has 1 unspecified atom stereocenters. The third kappa shape index (κ3) is 5.14. The van der Waals surface area contributed by atoms with E-state index >= 15 is 0 Å². The molecule has 0 aromatic heterocycles. The number of nitrogens with zero attached hydrogens (tertiary/aromatic N) is 1. The summed E-state index contributed by atoms with van der Waals surface area (Å²) in [6.45, 7) is 1.69. The maximum absolute atomic E-state index is 12.0. The summed E-state index contributed by atoms with van der Waals surface area (Å²) in [4.78, 5) is 23.7. The molecule has 0 saturated heterocycles. The average molecular weight is 323 g/mol. The lowest BCUT2D eigenvalue weighted by molar-refractivity contribution is -0.117. The summed E-state index contributed by atoms with van der Waals surface area (Å²) in [5.41, 5.74) is 1.91. The Balaban J connectivity index is 1.80. The maximum atomic E-state index is 12.0. The summed E-state index contributed by atoms with van der Waals surface area (Å²) in [6, 6.07) is 16.9. The van der Waals surface area contributed by atoms with Crippen LogP contribution in [0.25, 0.3) is 0 Å². The molecule has 6 heteroatoms. The van der Waals surface area contributed by atoms with Crippen LogP contribution in [0.4, 0.5) is 10.5 Å². The molecule has 1 atom stereocenters. The molecule has 2 N–H and O–H groups in total. The molecule has 2 rings (SSSR count). The molecule has 0 fully saturated rings. The van der Waals surface area contributed by atoms with Crippen LogP contribution in [0.2, 0.25) is 0 Å². The Labute approximate surface area is 140 Å². The Morgan fingerprint density at radius 1 is 1.12 bits per heavy atom. The van der Waals surface area contributed by atoms with E-state index in [9.17, 15) is 9.59 Å². The summed E-state index contributed by atoms with van der Waals surface area (Å²) in [5.74, 6) is -0.378. The molecule has 0 aliphatic carbocycles. The standard InChI is InChI=1S/C18H17N3O3/c1-13(17(22)21-16-9-7-14(11-19)8-10-16)20-18(23)24-12-15-5-3-2-4-6-15/h2-10,13H,12H2,1H3,(H,20,23)(H,21,22). The van der Waals surface area contributed by atoms with Gasteiger partial charge in [-0.05, 0) is 36.8 Å². The SMILES string of the molecule is CC(NC(=O)OCc1ccccc1)C(=O)Nc1ccc(C#N)cc1. The normalized spacial score (nSPS) is 11.0. The monoisotopic (exact) mass is 323 g/mol. The summed E-state index contributed by atoms with van der Waals surface area (Å²) in [6.07, 6.45) is -0.665. The van der Waals surface area contributed by atoms with Crippen molar-refractivity contribution in [1.82, 2.24) is 5.32 Å². The van der Waals surface area contributed by atoms with Crippen molar-refractivity contribution < 1.29 is 14.3 Å². The Bertz CT molecular complexity index is 736. The second-order valence-electron chi connectivity index (χ2n) is 5.11. The van der Waals surface area contributed by atoms with Crippen molar-refractivity contribution in [1.29, 1.82) is 5.26 Å². The van der Waals surface area contributed by atoms with Gasteiger partial charge in [-0.15, -0.1) is 0 Å². The van der Waals surface area contributed by atoms with Gasteiger partial charge in [0.25, 0.3) is 0 Å². The molecule has 0 aliphatic rings. The first kappa shape index (κ1) is 17.0. The molecule has 6 nitrogen and oxygen atoms in total. The molecule has 2 aromatic rings. The van der Waals surface area contributed by atoms with Crippen molar-refractivity contribution in [3.05, 3.63) is 65.7 Å². The number of amides is 2. The van der Waals surface area contributed by atoms with Gasteiger partial charge in [-0.3, -0.25) is 4.79 Å². The lowest BCUT2D eigenvalue weighted by Crippen LogP contribution is -2.41. The topological polar surface area (TPSA) is 91.2 Å². The third-order valence-electron chi connectivity index (χ3n) is 3.22. The number of hydrogen-bond donors (Lipinski definition) is 2. The first-order chi connectivity index (χ1) is 11.6. The minimum atomic E-state index is -0.760. The summed E-state index contributed by atoms with van der Waals surface area (Å²) < 4.78 is 5.06. The molecular weight excluding hydrogens is 306 g/mol. The third-order valence-corrected chi connectivity index (χ3v) is 3.22. The predicted molar refractivity (Wildman–Crippen MR) is 89.0 cm³/mol. The summed E-state index contributed by atoms with van der Waals surface area (Å²) in [7, 11) is 0. The number of anilines is 1. The molecular formula is C18H17N3O3. The number of nitrogens with one attached hydrogen (secondary N) is 2. The molecule has 2 aromatic carbocycles. The van der Waals surface area contributed by atoms with Gasteiger partial charge in [0, 0.05) is 5.69 Å². The smallest absolute Gasteiger partial charge is 0.408 e. The Morgan fingerprint density at radius 2 is 1.79 bits per heavy atom. The second kappa shape index (κ2) is 8.34. The zero-order chi connectivity index (χ0) is 17.4. The fourth-order valence-electron chi connectivity index (χ4n) is 1.89. The van der Waals surface area contributed by atoms with E-state index < -0.39 is 12.1 Å². The number of carbonyl (C=O) groups is 2. The van der Waals surface area contributed by atoms with Crippen molar-refractivity contribution in [2.45, 2.75) is 19.6 Å². The van der Waals surface area contributed by atoms with E-state index in [1.165, 1.54) is 0 Å². The van der Waals surface area contributed by atoms with Gasteiger partial charge in [-0.1, -0.05) is 30.3 Å². The quantitative estimate of drug-likeness (QED) is 0.885. The van der Waals surface area contributed by atoms with Crippen LogP contribution in [-0.4, -0.2) is 18.0 Å². The predicted octanol–water partition coefficient (Wildman–Crippen LogP) is 2.81. The van der Waals surface area contributed by atoms with E-state index in [-0.39, 0.29) is 12.5 Å². The number of hydrogen-bond acceptors (Lipinski definition) is 4. The van der Waals surface area contributed by atoms with E-state index in [4.69, 9.17) is 10.00 Å². The van der Waals surface area contributed by atoms with Crippen molar-refractivity contribution >= 4 is 17.7 Å². The van der Waals surface area contributed by atoms with Gasteiger partial charge < -0.3 is 15.4 Å². The van der Waals surface area contributed by atoms with Crippen LogP contribution < -0.4 is 10.6 Å². The highest BCUT2D eigenvalue weighted by molar-refractivity contribution is 5.96. The second-order valence-corrected chi connectivity index (χ2v) is 5.11. The molecule has 122 valence electrons. The fourth-order valence-corrected chi connectivity index (χ4v) is 1.89. The largest absolute Gasteiger partial charge is 0.445 e. The minimum Gasteiger partial charge on any atom is -0.445 e. The fraction of sp³-hybridized carbons (Fsp3) is 0.167. The molecule has 0 saturated carbocycles. The zero-order valence-electron chi connectivity index (χ0n) is 13.2. The van der Waals surface area contributed by atoms with E-state index in [1.807, 2.05) is 36.4 Å². The lowest BCUT2D eigenvalue weighted by Gasteiger charge is -2.14. The Hall–Kier alpha value is -3.33. The zero-order valence-corrected chi connectivity index (χ0v) is 13.2. The highest BCUT2D eigenvalue weighted by Gasteiger charge is 2.16. The van der Waals surface area contributed by atoms with E-state index in [0.29, 0.717) is 11.3 Å². The van der Waals surface area contributed by atoms with Crippen molar-refractivity contribution in [2.75, 3.05) is 5.32 Å². The van der Waals surface area contributed by atoms with E-state index in [1.54, 1.807) is 31.2 Å². The molecule has 0 aliphatic heterocycles. The molecule has 24 heavy (non-hydrogen) atoms. The van der Waals surface area contributed by atoms with Crippen molar-refractivity contribution in [2.24, 2.45) is 0 Å². The van der Waals surface area contributed by atoms with Gasteiger partial charge in [-0.25, -0.2) is 4.79 Å². The van der Waals surface area contributed by atoms with Crippen LogP contribution in [0, 0.1) is 11.3 Å². The van der Waals surface area contributed by atoms with Gasteiger partial charge >= 0.3 is 6.09 Å². The van der Waals surface area contributed by atoms with Gasteiger partial charge in [0.2, 0.25) is 5.91 Å². The number of benzene rings is 2. The number of alkyl carbamates (subject to hydrolysis) is 1. The summed E-state index contributed by atoms with van der Waals surface area (Å²) >= 11 is 0. The van der Waals surface area contributed by atoms with Gasteiger partial charge in [0.05, 0.1) is 11.6 Å². The molecule has 0 bridgehead atoms. The van der Waals surface area contributed by atoms with Crippen LogP contribution >= 0.6 is 0 Å². The maximum Gasteiger partial charge on any atom is 0.408 e. The van der Waals surface area contributed by atoms with E-state index in [0.717, 1.165) is 5.56 Å². The van der Waals surface area contributed by atoms with Crippen molar-refractivity contribution in [3.8, 4) is 6.07 Å². The first-order valence-electron chi connectivity index (χ1n) is 7.36. The molecule has 0 heterocycles. The minimum absolute atomic E-state index is 0.136. The van der Waals surface area contributed by atoms with Crippen LogP contribution in [0.1, 0.15) is 18.1 Å². The lowest BCUT2D eigenvalue weighted by atomic mass is 10.2. The number of rotatable bonds is 5. The van der Waals surface area contributed by atoms with Crippen LogP contribution in [0.5, 0.6) is 0 Å². The molecule has 0 radical (unpaired) electrons. The number of carbonyl (C=O) groups excluding carboxylic acids is 2. The Morgan fingerprint density at radius 3 is 2.42 bits per heavy atom. The highest BCUT2D eigenvalue weighted by Crippen LogP contribution is 2.09. The summed E-state index contributed by atoms with van der Waals surface area (Å²) in [5, 5.41) is 13.9. The van der Waals surface area contributed by atoms with Gasteiger partial charge in [-0.2, -0.15) is 5.26 Å². The molecule has 0 spiro atoms. The van der Waals surface area contributed by atoms with Crippen LogP contribution in [0.15, 0.2) is 54.6 Å². The van der Waals surface area contributed by atoms with Crippen LogP contribution in [0.3, 0.4) is 0 Å². The van der Waals surface area contributed by atoms with Crippen molar-refractivity contribution in [3.63, 3.8) is 0 Å². The van der Waals surface area contributed by atoms with Gasteiger partial charge in [0.15, 0.2) is 0 Å². The average Bonchev–Trinajstić information content (AvgIpc) is 2.61. The van der Waals surface area contributed by atoms with Crippen LogP contribution in [-0.2, 0) is 16.1 Å². The number of nitriles is 1. The molecule has 2 amide bonds. The Kier molecular flexibility index (Phi) is 5.92. The highest BCUT2D eigenvalue weighted by atomic mass is 16.5. The van der Waals surface area contributed by atoms with E-state index in [2.05, 4.69) is 10.6 Å².